The van der Waals surface area contributed by atoms with Crippen molar-refractivity contribution >= 4 is 33.3 Å². The Morgan fingerprint density at radius 2 is 2.14 bits per heavy atom. The number of halogens is 1. The van der Waals surface area contributed by atoms with E-state index in [1.54, 1.807) is 25.4 Å². The van der Waals surface area contributed by atoms with Gasteiger partial charge in [-0.1, -0.05) is 15.9 Å². The molecule has 6 heteroatoms. The Labute approximate surface area is 138 Å². The minimum atomic E-state index is -0.157. The first-order chi connectivity index (χ1) is 10.6. The van der Waals surface area contributed by atoms with Gasteiger partial charge in [0.25, 0.3) is 5.91 Å². The second-order valence-electron chi connectivity index (χ2n) is 4.77. The third-order valence-electron chi connectivity index (χ3n) is 3.07. The fourth-order valence-electron chi connectivity index (χ4n) is 1.88. The molecule has 1 aromatic carbocycles. The highest BCUT2D eigenvalue weighted by Gasteiger charge is 2.06. The van der Waals surface area contributed by atoms with Crippen LogP contribution < -0.4 is 10.6 Å². The summed E-state index contributed by atoms with van der Waals surface area (Å²) in [6.07, 6.45) is 1.55. The van der Waals surface area contributed by atoms with Crippen molar-refractivity contribution in [3.63, 3.8) is 0 Å². The van der Waals surface area contributed by atoms with E-state index in [0.717, 1.165) is 15.7 Å². The Balaban J connectivity index is 2.01. The van der Waals surface area contributed by atoms with Gasteiger partial charge in [-0.15, -0.1) is 0 Å². The number of rotatable bonds is 6. The van der Waals surface area contributed by atoms with E-state index in [9.17, 15) is 4.79 Å². The van der Waals surface area contributed by atoms with Gasteiger partial charge in [0.2, 0.25) is 0 Å². The number of carbonyl (C=O) groups is 1. The lowest BCUT2D eigenvalue weighted by molar-refractivity contribution is 0.0937. The Morgan fingerprint density at radius 3 is 2.77 bits per heavy atom. The molecule has 0 aliphatic heterocycles. The molecule has 2 rings (SSSR count). The summed E-state index contributed by atoms with van der Waals surface area (Å²) in [4.78, 5) is 16.1. The van der Waals surface area contributed by atoms with Crippen LogP contribution in [0.25, 0.3) is 0 Å². The molecule has 0 spiro atoms. The predicted molar refractivity (Wildman–Crippen MR) is 90.6 cm³/mol. The van der Waals surface area contributed by atoms with Crippen LogP contribution in [0.2, 0.25) is 0 Å². The minimum absolute atomic E-state index is 0.157. The van der Waals surface area contributed by atoms with Gasteiger partial charge in [-0.2, -0.15) is 0 Å². The average molecular weight is 364 g/mol. The van der Waals surface area contributed by atoms with E-state index >= 15 is 0 Å². The molecule has 0 atom stereocenters. The molecule has 0 aliphatic carbocycles. The number of carbonyl (C=O) groups excluding carboxylic acids is 1. The van der Waals surface area contributed by atoms with Crippen LogP contribution in [-0.4, -0.2) is 31.2 Å². The normalized spacial score (nSPS) is 10.3. The highest BCUT2D eigenvalue weighted by Crippen LogP contribution is 2.22. The van der Waals surface area contributed by atoms with Gasteiger partial charge in [-0.3, -0.25) is 4.79 Å². The fraction of sp³-hybridized carbons (Fsp3) is 0.250. The van der Waals surface area contributed by atoms with E-state index in [0.29, 0.717) is 24.5 Å². The van der Waals surface area contributed by atoms with Gasteiger partial charge in [0, 0.05) is 30.0 Å². The number of amides is 1. The Hall–Kier alpha value is -1.92. The van der Waals surface area contributed by atoms with E-state index in [-0.39, 0.29) is 5.91 Å². The quantitative estimate of drug-likeness (QED) is 0.773. The zero-order valence-electron chi connectivity index (χ0n) is 12.5. The summed E-state index contributed by atoms with van der Waals surface area (Å²) in [5.74, 6) is 0.537. The number of nitrogens with zero attached hydrogens (tertiary/aromatic N) is 1. The second kappa shape index (κ2) is 7.91. The number of hydrogen-bond acceptors (Lipinski definition) is 4. The number of methoxy groups -OCH3 is 1. The van der Waals surface area contributed by atoms with Gasteiger partial charge in [0.05, 0.1) is 12.2 Å². The van der Waals surface area contributed by atoms with Crippen molar-refractivity contribution in [2.24, 2.45) is 0 Å². The van der Waals surface area contributed by atoms with Gasteiger partial charge in [0.15, 0.2) is 0 Å². The Kier molecular flexibility index (Phi) is 5.91. The largest absolute Gasteiger partial charge is 0.383 e. The Morgan fingerprint density at radius 1 is 1.32 bits per heavy atom. The molecular weight excluding hydrogens is 346 g/mol. The molecule has 2 N–H and O–H groups in total. The second-order valence-corrected chi connectivity index (χ2v) is 5.68. The van der Waals surface area contributed by atoms with Crippen LogP contribution in [0, 0.1) is 6.92 Å². The van der Waals surface area contributed by atoms with Crippen molar-refractivity contribution in [2.75, 3.05) is 25.6 Å². The molecule has 1 aromatic heterocycles. The lowest BCUT2D eigenvalue weighted by Gasteiger charge is -2.10. The number of anilines is 2. The average Bonchev–Trinajstić information content (AvgIpc) is 2.51. The molecule has 2 aromatic rings. The number of aromatic nitrogens is 1. The maximum atomic E-state index is 11.8. The highest BCUT2D eigenvalue weighted by molar-refractivity contribution is 9.10. The first-order valence-corrected chi connectivity index (χ1v) is 7.66. The van der Waals surface area contributed by atoms with Crippen LogP contribution in [-0.2, 0) is 4.74 Å². The van der Waals surface area contributed by atoms with E-state index in [4.69, 9.17) is 4.74 Å². The topological polar surface area (TPSA) is 63.2 Å². The fourth-order valence-corrected chi connectivity index (χ4v) is 2.35. The SMILES string of the molecule is COCCNC(=O)c1ccc(Nc2ccc(Br)cc2C)nc1. The van der Waals surface area contributed by atoms with Gasteiger partial charge in [-0.05, 0) is 42.8 Å². The number of nitrogens with one attached hydrogen (secondary N) is 2. The summed E-state index contributed by atoms with van der Waals surface area (Å²) in [5, 5.41) is 5.99. The van der Waals surface area contributed by atoms with Crippen LogP contribution in [0.1, 0.15) is 15.9 Å². The zero-order chi connectivity index (χ0) is 15.9. The molecule has 0 saturated heterocycles. The maximum Gasteiger partial charge on any atom is 0.252 e. The summed E-state index contributed by atoms with van der Waals surface area (Å²) in [5.41, 5.74) is 2.61. The molecule has 1 heterocycles. The molecule has 116 valence electrons. The van der Waals surface area contributed by atoms with Gasteiger partial charge in [-0.25, -0.2) is 4.98 Å². The van der Waals surface area contributed by atoms with Crippen molar-refractivity contribution in [2.45, 2.75) is 6.92 Å². The molecule has 0 bridgehead atoms. The predicted octanol–water partition coefficient (Wildman–Crippen LogP) is 3.27. The van der Waals surface area contributed by atoms with Crippen molar-refractivity contribution in [3.05, 3.63) is 52.1 Å². The Bertz CT molecular complexity index is 644. The molecule has 5 nitrogen and oxygen atoms in total. The zero-order valence-corrected chi connectivity index (χ0v) is 14.1. The molecule has 0 aliphatic rings. The van der Waals surface area contributed by atoms with Crippen LogP contribution in [0.15, 0.2) is 41.0 Å². The summed E-state index contributed by atoms with van der Waals surface area (Å²) in [7, 11) is 1.60. The summed E-state index contributed by atoms with van der Waals surface area (Å²) < 4.78 is 5.92. The molecule has 0 fully saturated rings. The third-order valence-corrected chi connectivity index (χ3v) is 3.56. The van der Waals surface area contributed by atoms with Crippen LogP contribution in [0.5, 0.6) is 0 Å². The third kappa shape index (κ3) is 4.54. The molecular formula is C16H18BrN3O2. The van der Waals surface area contributed by atoms with E-state index in [1.807, 2.05) is 25.1 Å². The smallest absolute Gasteiger partial charge is 0.252 e. The minimum Gasteiger partial charge on any atom is -0.383 e. The van der Waals surface area contributed by atoms with Crippen molar-refractivity contribution in [3.8, 4) is 0 Å². The monoisotopic (exact) mass is 363 g/mol. The van der Waals surface area contributed by atoms with E-state index in [2.05, 4.69) is 31.5 Å². The molecule has 0 unspecified atom stereocenters. The number of hydrogen-bond donors (Lipinski definition) is 2. The van der Waals surface area contributed by atoms with Crippen molar-refractivity contribution < 1.29 is 9.53 Å². The molecule has 22 heavy (non-hydrogen) atoms. The maximum absolute atomic E-state index is 11.8. The highest BCUT2D eigenvalue weighted by atomic mass is 79.9. The first kappa shape index (κ1) is 16.5. The van der Waals surface area contributed by atoms with Crippen molar-refractivity contribution in [1.29, 1.82) is 0 Å². The molecule has 0 saturated carbocycles. The number of pyridine rings is 1. The standard InChI is InChI=1S/C16H18BrN3O2/c1-11-9-13(17)4-5-14(11)20-15-6-3-12(10-19-15)16(21)18-7-8-22-2/h3-6,9-10H,7-8H2,1-2H3,(H,18,21)(H,19,20). The van der Waals surface area contributed by atoms with Crippen LogP contribution in [0.4, 0.5) is 11.5 Å². The number of aryl methyl sites for hydroxylation is 1. The molecule has 1 amide bonds. The first-order valence-electron chi connectivity index (χ1n) is 6.86. The lowest BCUT2D eigenvalue weighted by atomic mass is 10.2. The van der Waals surface area contributed by atoms with Gasteiger partial charge in [0.1, 0.15) is 5.82 Å². The van der Waals surface area contributed by atoms with Gasteiger partial charge < -0.3 is 15.4 Å². The number of benzene rings is 1. The van der Waals surface area contributed by atoms with Crippen LogP contribution in [0.3, 0.4) is 0 Å². The number of ether oxygens (including phenoxy) is 1. The molecule has 0 radical (unpaired) electrons. The summed E-state index contributed by atoms with van der Waals surface area (Å²) in [6.45, 7) is 2.99. The van der Waals surface area contributed by atoms with Gasteiger partial charge >= 0.3 is 0 Å². The lowest BCUT2D eigenvalue weighted by Crippen LogP contribution is -2.26. The summed E-state index contributed by atoms with van der Waals surface area (Å²) >= 11 is 3.44. The summed E-state index contributed by atoms with van der Waals surface area (Å²) in [6, 6.07) is 9.50. The van der Waals surface area contributed by atoms with E-state index < -0.39 is 0 Å². The van der Waals surface area contributed by atoms with Crippen molar-refractivity contribution in [1.82, 2.24) is 10.3 Å². The van der Waals surface area contributed by atoms with Crippen LogP contribution >= 0.6 is 15.9 Å². The van der Waals surface area contributed by atoms with E-state index in [1.165, 1.54) is 0 Å².